The van der Waals surface area contributed by atoms with Gasteiger partial charge in [0.15, 0.2) is 9.84 Å². The Hall–Kier alpha value is -1.82. The fourth-order valence-electron chi connectivity index (χ4n) is 1.62. The van der Waals surface area contributed by atoms with Gasteiger partial charge in [-0.1, -0.05) is 6.07 Å². The Balaban J connectivity index is 2.72. The zero-order valence-electron chi connectivity index (χ0n) is 9.47. The SMILES string of the molecule is COC1=NC=CNc2c1cccc2S(C)(=O)=O. The van der Waals surface area contributed by atoms with Crippen molar-refractivity contribution in [2.24, 2.45) is 4.99 Å². The molecule has 0 unspecified atom stereocenters. The maximum Gasteiger partial charge on any atom is 0.222 e. The third-order valence-electron chi connectivity index (χ3n) is 2.34. The third kappa shape index (κ3) is 2.16. The smallest absolute Gasteiger partial charge is 0.222 e. The van der Waals surface area contributed by atoms with E-state index in [1.165, 1.54) is 19.6 Å². The zero-order chi connectivity index (χ0) is 12.5. The molecule has 0 radical (unpaired) electrons. The average Bonchev–Trinajstić information content (AvgIpc) is 2.48. The Bertz CT molecular complexity index is 603. The van der Waals surface area contributed by atoms with Gasteiger partial charge in [0.1, 0.15) is 0 Å². The highest BCUT2D eigenvalue weighted by Crippen LogP contribution is 2.27. The minimum absolute atomic E-state index is 0.228. The number of nitrogens with zero attached hydrogens (tertiary/aromatic N) is 1. The number of hydrogen-bond donors (Lipinski definition) is 1. The largest absolute Gasteiger partial charge is 0.481 e. The first kappa shape index (κ1) is 11.7. The van der Waals surface area contributed by atoms with E-state index in [0.717, 1.165) is 0 Å². The number of fused-ring (bicyclic) bond motifs is 1. The lowest BCUT2D eigenvalue weighted by atomic mass is 10.2. The second-order valence-corrected chi connectivity index (χ2v) is 5.53. The standard InChI is InChI=1S/C11H12N2O3S/c1-16-11-8-4-3-5-9(17(2,14)15)10(8)12-6-7-13-11/h3-7,12H,1-2H3. The first-order chi connectivity index (χ1) is 8.04. The van der Waals surface area contributed by atoms with Crippen molar-refractivity contribution in [3.63, 3.8) is 0 Å². The second-order valence-electron chi connectivity index (χ2n) is 3.55. The average molecular weight is 252 g/mol. The molecule has 0 atom stereocenters. The molecule has 0 amide bonds. The predicted octanol–water partition coefficient (Wildman–Crippen LogP) is 1.38. The molecule has 1 aromatic rings. The number of aliphatic imine (C=N–C) groups is 1. The maximum absolute atomic E-state index is 11.7. The fourth-order valence-corrected chi connectivity index (χ4v) is 2.49. The minimum Gasteiger partial charge on any atom is -0.481 e. The molecule has 17 heavy (non-hydrogen) atoms. The zero-order valence-corrected chi connectivity index (χ0v) is 10.3. The molecule has 0 saturated heterocycles. The number of sulfone groups is 1. The van der Waals surface area contributed by atoms with Gasteiger partial charge >= 0.3 is 0 Å². The van der Waals surface area contributed by atoms with Crippen LogP contribution in [-0.4, -0.2) is 27.7 Å². The highest BCUT2D eigenvalue weighted by Gasteiger charge is 2.19. The van der Waals surface area contributed by atoms with Gasteiger partial charge in [0.05, 0.1) is 23.3 Å². The predicted molar refractivity (Wildman–Crippen MR) is 65.9 cm³/mol. The quantitative estimate of drug-likeness (QED) is 0.820. The van der Waals surface area contributed by atoms with Crippen molar-refractivity contribution in [1.82, 2.24) is 0 Å². The van der Waals surface area contributed by atoms with Gasteiger partial charge in [0, 0.05) is 18.7 Å². The first-order valence-electron chi connectivity index (χ1n) is 4.91. The molecular weight excluding hydrogens is 240 g/mol. The summed E-state index contributed by atoms with van der Waals surface area (Å²) in [6, 6.07) is 4.97. The molecule has 0 fully saturated rings. The molecule has 0 saturated carbocycles. The van der Waals surface area contributed by atoms with Crippen molar-refractivity contribution in [2.45, 2.75) is 4.90 Å². The summed E-state index contributed by atoms with van der Waals surface area (Å²) in [6.07, 6.45) is 4.26. The van der Waals surface area contributed by atoms with Crippen LogP contribution in [0.25, 0.3) is 0 Å². The van der Waals surface area contributed by atoms with Gasteiger partial charge in [-0.3, -0.25) is 0 Å². The van der Waals surface area contributed by atoms with E-state index in [-0.39, 0.29) is 4.90 Å². The summed E-state index contributed by atoms with van der Waals surface area (Å²) < 4.78 is 28.5. The highest BCUT2D eigenvalue weighted by atomic mass is 32.2. The maximum atomic E-state index is 11.7. The number of ether oxygens (including phenoxy) is 1. The molecule has 0 aromatic heterocycles. The summed E-state index contributed by atoms with van der Waals surface area (Å²) in [4.78, 5) is 4.29. The van der Waals surface area contributed by atoms with Gasteiger partial charge in [-0.2, -0.15) is 0 Å². The molecule has 5 nitrogen and oxygen atoms in total. The molecule has 1 aliphatic rings. The van der Waals surface area contributed by atoms with Crippen molar-refractivity contribution in [3.05, 3.63) is 36.2 Å². The van der Waals surface area contributed by atoms with Crippen molar-refractivity contribution in [3.8, 4) is 0 Å². The molecule has 0 spiro atoms. The number of anilines is 1. The second kappa shape index (κ2) is 4.21. The summed E-state index contributed by atoms with van der Waals surface area (Å²) in [5, 5.41) is 2.91. The summed E-state index contributed by atoms with van der Waals surface area (Å²) in [7, 11) is -1.80. The molecule has 6 heteroatoms. The summed E-state index contributed by atoms with van der Waals surface area (Å²) in [5.74, 6) is 0.381. The topological polar surface area (TPSA) is 67.8 Å². The Morgan fingerprint density at radius 1 is 1.35 bits per heavy atom. The molecule has 1 aliphatic heterocycles. The monoisotopic (exact) mass is 252 g/mol. The first-order valence-corrected chi connectivity index (χ1v) is 6.80. The Labute approximate surface area is 99.7 Å². The lowest BCUT2D eigenvalue weighted by Gasteiger charge is -2.12. The van der Waals surface area contributed by atoms with Crippen LogP contribution in [0.4, 0.5) is 5.69 Å². The summed E-state index contributed by atoms with van der Waals surface area (Å²) in [5.41, 5.74) is 1.12. The van der Waals surface area contributed by atoms with Crippen LogP contribution in [-0.2, 0) is 14.6 Å². The number of methoxy groups -OCH3 is 1. The van der Waals surface area contributed by atoms with Gasteiger partial charge in [0.25, 0.3) is 0 Å². The van der Waals surface area contributed by atoms with Gasteiger partial charge in [-0.15, -0.1) is 0 Å². The number of rotatable bonds is 1. The number of nitrogens with one attached hydrogen (secondary N) is 1. The Morgan fingerprint density at radius 2 is 2.12 bits per heavy atom. The molecule has 2 rings (SSSR count). The summed E-state index contributed by atoms with van der Waals surface area (Å²) >= 11 is 0. The lowest BCUT2D eigenvalue weighted by molar-refractivity contribution is 0.405. The van der Waals surface area contributed by atoms with E-state index in [1.54, 1.807) is 24.4 Å². The number of hydrogen-bond acceptors (Lipinski definition) is 5. The third-order valence-corrected chi connectivity index (χ3v) is 3.48. The molecule has 1 heterocycles. The molecular formula is C11H12N2O3S. The van der Waals surface area contributed by atoms with Crippen LogP contribution in [0.2, 0.25) is 0 Å². The van der Waals surface area contributed by atoms with Crippen LogP contribution in [0, 0.1) is 0 Å². The van der Waals surface area contributed by atoms with E-state index in [4.69, 9.17) is 4.74 Å². The van der Waals surface area contributed by atoms with Crippen LogP contribution in [0.5, 0.6) is 0 Å². The van der Waals surface area contributed by atoms with Gasteiger partial charge in [0.2, 0.25) is 5.90 Å². The number of para-hydroxylation sites is 1. The van der Waals surface area contributed by atoms with Crippen LogP contribution >= 0.6 is 0 Å². The molecule has 0 aliphatic carbocycles. The van der Waals surface area contributed by atoms with Crippen molar-refractivity contribution >= 4 is 21.4 Å². The van der Waals surface area contributed by atoms with Gasteiger partial charge in [-0.25, -0.2) is 13.4 Å². The van der Waals surface area contributed by atoms with E-state index in [0.29, 0.717) is 17.1 Å². The van der Waals surface area contributed by atoms with E-state index in [9.17, 15) is 8.42 Å². The van der Waals surface area contributed by atoms with Crippen LogP contribution in [0.1, 0.15) is 5.56 Å². The molecule has 0 bridgehead atoms. The van der Waals surface area contributed by atoms with E-state index < -0.39 is 9.84 Å². The Kier molecular flexibility index (Phi) is 2.89. The highest BCUT2D eigenvalue weighted by molar-refractivity contribution is 7.90. The van der Waals surface area contributed by atoms with Crippen LogP contribution < -0.4 is 5.32 Å². The Morgan fingerprint density at radius 3 is 2.76 bits per heavy atom. The van der Waals surface area contributed by atoms with E-state index >= 15 is 0 Å². The normalized spacial score (nSPS) is 14.4. The van der Waals surface area contributed by atoms with Gasteiger partial charge in [-0.05, 0) is 12.1 Å². The number of benzene rings is 1. The molecule has 1 aromatic carbocycles. The molecule has 1 N–H and O–H groups in total. The van der Waals surface area contributed by atoms with Gasteiger partial charge < -0.3 is 10.1 Å². The minimum atomic E-state index is -3.30. The van der Waals surface area contributed by atoms with Crippen molar-refractivity contribution in [2.75, 3.05) is 18.7 Å². The fraction of sp³-hybridized carbons (Fsp3) is 0.182. The van der Waals surface area contributed by atoms with Crippen LogP contribution in [0.3, 0.4) is 0 Å². The van der Waals surface area contributed by atoms with E-state index in [2.05, 4.69) is 10.3 Å². The summed E-state index contributed by atoms with van der Waals surface area (Å²) in [6.45, 7) is 0. The molecule has 90 valence electrons. The lowest BCUT2D eigenvalue weighted by Crippen LogP contribution is -2.09. The van der Waals surface area contributed by atoms with E-state index in [1.807, 2.05) is 0 Å². The van der Waals surface area contributed by atoms with Crippen LogP contribution in [0.15, 0.2) is 40.5 Å². The van der Waals surface area contributed by atoms with Crippen molar-refractivity contribution in [1.29, 1.82) is 0 Å². The van der Waals surface area contributed by atoms with Crippen molar-refractivity contribution < 1.29 is 13.2 Å².